The maximum atomic E-state index is 12.8. The first-order valence-electron chi connectivity index (χ1n) is 8.77. The molecule has 0 bridgehead atoms. The predicted molar refractivity (Wildman–Crippen MR) is 97.4 cm³/mol. The third kappa shape index (κ3) is 4.45. The van der Waals surface area contributed by atoms with Crippen molar-refractivity contribution >= 4 is 5.91 Å². The molecule has 1 aliphatic heterocycles. The first kappa shape index (κ1) is 16.7. The van der Waals surface area contributed by atoms with Gasteiger partial charge in [-0.05, 0) is 30.5 Å². The summed E-state index contributed by atoms with van der Waals surface area (Å²) in [7, 11) is 1.92. The minimum Gasteiger partial charge on any atom is -0.341 e. The lowest BCUT2D eigenvalue weighted by Gasteiger charge is -2.34. The SMILES string of the molecule is CN(Cc1ccccc1)C(=O)C1CCCN(Cc2ccccc2)C1. The minimum absolute atomic E-state index is 0.121. The molecule has 0 spiro atoms. The molecule has 3 heteroatoms. The van der Waals surface area contributed by atoms with Crippen LogP contribution in [0.5, 0.6) is 0 Å². The third-order valence-electron chi connectivity index (χ3n) is 4.74. The molecule has 0 saturated carbocycles. The highest BCUT2D eigenvalue weighted by Gasteiger charge is 2.27. The number of carbonyl (C=O) groups excluding carboxylic acids is 1. The number of nitrogens with zero attached hydrogens (tertiary/aromatic N) is 2. The van der Waals surface area contributed by atoms with Gasteiger partial charge in [-0.3, -0.25) is 9.69 Å². The second kappa shape index (κ2) is 8.11. The molecule has 1 unspecified atom stereocenters. The maximum Gasteiger partial charge on any atom is 0.227 e. The molecule has 3 rings (SSSR count). The van der Waals surface area contributed by atoms with Crippen LogP contribution in [0.25, 0.3) is 0 Å². The van der Waals surface area contributed by atoms with E-state index >= 15 is 0 Å². The van der Waals surface area contributed by atoms with Crippen LogP contribution in [0.2, 0.25) is 0 Å². The standard InChI is InChI=1S/C21H26N2O/c1-22(15-18-9-4-2-5-10-18)21(24)20-13-8-14-23(17-20)16-19-11-6-3-7-12-19/h2-7,9-12,20H,8,13-17H2,1H3. The molecule has 3 nitrogen and oxygen atoms in total. The number of benzene rings is 2. The first-order valence-corrected chi connectivity index (χ1v) is 8.77. The van der Waals surface area contributed by atoms with Crippen molar-refractivity contribution in [3.05, 3.63) is 71.8 Å². The molecule has 2 aromatic carbocycles. The van der Waals surface area contributed by atoms with E-state index in [1.165, 1.54) is 11.1 Å². The second-order valence-corrected chi connectivity index (χ2v) is 6.74. The van der Waals surface area contributed by atoms with Gasteiger partial charge in [-0.25, -0.2) is 0 Å². The molecule has 126 valence electrons. The number of piperidine rings is 1. The van der Waals surface area contributed by atoms with Crippen molar-refractivity contribution in [1.29, 1.82) is 0 Å². The molecular formula is C21H26N2O. The van der Waals surface area contributed by atoms with Gasteiger partial charge in [-0.2, -0.15) is 0 Å². The Kier molecular flexibility index (Phi) is 5.65. The van der Waals surface area contributed by atoms with Crippen molar-refractivity contribution in [3.8, 4) is 0 Å². The van der Waals surface area contributed by atoms with E-state index in [1.54, 1.807) is 0 Å². The van der Waals surface area contributed by atoms with Gasteiger partial charge >= 0.3 is 0 Å². The Morgan fingerprint density at radius 2 is 1.67 bits per heavy atom. The molecule has 1 atom stereocenters. The second-order valence-electron chi connectivity index (χ2n) is 6.74. The minimum atomic E-state index is 0.121. The highest BCUT2D eigenvalue weighted by Crippen LogP contribution is 2.21. The number of rotatable bonds is 5. The van der Waals surface area contributed by atoms with Gasteiger partial charge in [0.25, 0.3) is 0 Å². The van der Waals surface area contributed by atoms with Crippen molar-refractivity contribution in [2.75, 3.05) is 20.1 Å². The van der Waals surface area contributed by atoms with Crippen LogP contribution in [-0.4, -0.2) is 35.8 Å². The summed E-state index contributed by atoms with van der Waals surface area (Å²) in [6.07, 6.45) is 2.10. The highest BCUT2D eigenvalue weighted by molar-refractivity contribution is 5.78. The third-order valence-corrected chi connectivity index (χ3v) is 4.74. The fraction of sp³-hybridized carbons (Fsp3) is 0.381. The van der Waals surface area contributed by atoms with Crippen LogP contribution < -0.4 is 0 Å². The number of carbonyl (C=O) groups is 1. The lowest BCUT2D eigenvalue weighted by Crippen LogP contribution is -2.43. The molecule has 1 fully saturated rings. The number of hydrogen-bond donors (Lipinski definition) is 0. The Labute approximate surface area is 144 Å². The van der Waals surface area contributed by atoms with Crippen LogP contribution in [-0.2, 0) is 17.9 Å². The molecule has 24 heavy (non-hydrogen) atoms. The summed E-state index contributed by atoms with van der Waals surface area (Å²) in [6.45, 7) is 3.58. The molecule has 0 N–H and O–H groups in total. The number of hydrogen-bond acceptors (Lipinski definition) is 2. The lowest BCUT2D eigenvalue weighted by atomic mass is 9.96. The predicted octanol–water partition coefficient (Wildman–Crippen LogP) is 3.56. The van der Waals surface area contributed by atoms with E-state index in [2.05, 4.69) is 41.3 Å². The molecule has 1 heterocycles. The Bertz CT molecular complexity index is 641. The first-order chi connectivity index (χ1) is 11.7. The van der Waals surface area contributed by atoms with Crippen molar-refractivity contribution in [2.24, 2.45) is 5.92 Å². The Balaban J connectivity index is 1.56. The van der Waals surface area contributed by atoms with Crippen molar-refractivity contribution in [1.82, 2.24) is 9.80 Å². The average molecular weight is 322 g/mol. The molecule has 1 aliphatic rings. The van der Waals surface area contributed by atoms with Crippen LogP contribution >= 0.6 is 0 Å². The molecule has 1 saturated heterocycles. The van der Waals surface area contributed by atoms with E-state index in [-0.39, 0.29) is 11.8 Å². The Morgan fingerprint density at radius 1 is 1.04 bits per heavy atom. The van der Waals surface area contributed by atoms with Gasteiger partial charge in [-0.15, -0.1) is 0 Å². The van der Waals surface area contributed by atoms with Crippen molar-refractivity contribution in [2.45, 2.75) is 25.9 Å². The van der Waals surface area contributed by atoms with Gasteiger partial charge in [0.2, 0.25) is 5.91 Å². The largest absolute Gasteiger partial charge is 0.341 e. The monoisotopic (exact) mass is 322 g/mol. The van der Waals surface area contributed by atoms with Crippen LogP contribution in [0.3, 0.4) is 0 Å². The van der Waals surface area contributed by atoms with Crippen LogP contribution in [0.15, 0.2) is 60.7 Å². The van der Waals surface area contributed by atoms with Crippen LogP contribution in [0.4, 0.5) is 0 Å². The zero-order valence-corrected chi connectivity index (χ0v) is 14.4. The number of amides is 1. The summed E-state index contributed by atoms with van der Waals surface area (Å²) >= 11 is 0. The van der Waals surface area contributed by atoms with Gasteiger partial charge in [0.1, 0.15) is 0 Å². The van der Waals surface area contributed by atoms with Gasteiger partial charge < -0.3 is 4.90 Å². The fourth-order valence-electron chi connectivity index (χ4n) is 3.49. The van der Waals surface area contributed by atoms with E-state index in [1.807, 2.05) is 36.2 Å². The summed E-state index contributed by atoms with van der Waals surface area (Å²) in [5, 5.41) is 0. The summed E-state index contributed by atoms with van der Waals surface area (Å²) in [6, 6.07) is 20.7. The zero-order chi connectivity index (χ0) is 16.8. The molecule has 2 aromatic rings. The zero-order valence-electron chi connectivity index (χ0n) is 14.4. The van der Waals surface area contributed by atoms with Gasteiger partial charge in [0.15, 0.2) is 0 Å². The molecule has 0 radical (unpaired) electrons. The van der Waals surface area contributed by atoms with E-state index in [4.69, 9.17) is 0 Å². The molecule has 0 aliphatic carbocycles. The van der Waals surface area contributed by atoms with Crippen LogP contribution in [0.1, 0.15) is 24.0 Å². The topological polar surface area (TPSA) is 23.6 Å². The summed E-state index contributed by atoms with van der Waals surface area (Å²) in [4.78, 5) is 17.1. The quantitative estimate of drug-likeness (QED) is 0.840. The summed E-state index contributed by atoms with van der Waals surface area (Å²) < 4.78 is 0. The average Bonchev–Trinajstić information content (AvgIpc) is 2.63. The maximum absolute atomic E-state index is 12.8. The Morgan fingerprint density at radius 3 is 2.33 bits per heavy atom. The van der Waals surface area contributed by atoms with Gasteiger partial charge in [0.05, 0.1) is 5.92 Å². The number of likely N-dealkylation sites (tertiary alicyclic amines) is 1. The highest BCUT2D eigenvalue weighted by atomic mass is 16.2. The molecule has 0 aromatic heterocycles. The summed E-state index contributed by atoms with van der Waals surface area (Å²) in [5.41, 5.74) is 2.51. The lowest BCUT2D eigenvalue weighted by molar-refractivity contribution is -0.136. The summed E-state index contributed by atoms with van der Waals surface area (Å²) in [5.74, 6) is 0.396. The van der Waals surface area contributed by atoms with Crippen molar-refractivity contribution in [3.63, 3.8) is 0 Å². The normalized spacial score (nSPS) is 18.3. The van der Waals surface area contributed by atoms with Crippen LogP contribution in [0, 0.1) is 5.92 Å². The van der Waals surface area contributed by atoms with E-state index in [9.17, 15) is 4.79 Å². The van der Waals surface area contributed by atoms with Gasteiger partial charge in [0, 0.05) is 26.7 Å². The van der Waals surface area contributed by atoms with Gasteiger partial charge in [-0.1, -0.05) is 60.7 Å². The smallest absolute Gasteiger partial charge is 0.227 e. The molecule has 1 amide bonds. The van der Waals surface area contributed by atoms with E-state index < -0.39 is 0 Å². The van der Waals surface area contributed by atoms with E-state index in [0.29, 0.717) is 6.54 Å². The van der Waals surface area contributed by atoms with Crippen molar-refractivity contribution < 1.29 is 4.79 Å². The van der Waals surface area contributed by atoms with E-state index in [0.717, 1.165) is 32.5 Å². The molecular weight excluding hydrogens is 296 g/mol. The Hall–Kier alpha value is -2.13. The fourth-order valence-corrected chi connectivity index (χ4v) is 3.49.